The van der Waals surface area contributed by atoms with Crippen molar-refractivity contribution in [2.24, 2.45) is 5.90 Å². The molecule has 0 spiro atoms. The van der Waals surface area contributed by atoms with Crippen LogP contribution in [-0.2, 0) is 0 Å². The highest BCUT2D eigenvalue weighted by Crippen LogP contribution is 2.23. The van der Waals surface area contributed by atoms with E-state index in [2.05, 4.69) is 4.84 Å². The number of furan rings is 1. The van der Waals surface area contributed by atoms with Crippen LogP contribution in [0, 0.1) is 0 Å². The van der Waals surface area contributed by atoms with Crippen LogP contribution in [0.25, 0.3) is 11.0 Å². The Kier molecular flexibility index (Phi) is 1.30. The third-order valence-corrected chi connectivity index (χ3v) is 1.52. The summed E-state index contributed by atoms with van der Waals surface area (Å²) in [5.41, 5.74) is 0.785. The minimum atomic E-state index is 0.339. The molecule has 11 heavy (non-hydrogen) atoms. The van der Waals surface area contributed by atoms with Crippen LogP contribution < -0.4 is 10.7 Å². The summed E-state index contributed by atoms with van der Waals surface area (Å²) in [5, 5.41) is 0.993. The standard InChI is InChI=1S/C8H7NO2/c9-11-8-5-6-3-1-2-4-7(6)10-8/h1-5H,9H2. The van der Waals surface area contributed by atoms with Crippen LogP contribution in [0.4, 0.5) is 0 Å². The zero-order valence-electron chi connectivity index (χ0n) is 5.78. The molecule has 0 saturated carbocycles. The van der Waals surface area contributed by atoms with Gasteiger partial charge < -0.3 is 9.25 Å². The summed E-state index contributed by atoms with van der Waals surface area (Å²) >= 11 is 0. The first-order valence-corrected chi connectivity index (χ1v) is 3.25. The number of benzene rings is 1. The topological polar surface area (TPSA) is 48.4 Å². The lowest BCUT2D eigenvalue weighted by atomic mass is 10.3. The average molecular weight is 149 g/mol. The highest BCUT2D eigenvalue weighted by atomic mass is 16.7. The van der Waals surface area contributed by atoms with Gasteiger partial charge in [0.15, 0.2) is 0 Å². The lowest BCUT2D eigenvalue weighted by Gasteiger charge is -1.86. The van der Waals surface area contributed by atoms with Crippen molar-refractivity contribution in [2.75, 3.05) is 0 Å². The monoisotopic (exact) mass is 149 g/mol. The lowest BCUT2D eigenvalue weighted by molar-refractivity contribution is 0.259. The predicted octanol–water partition coefficient (Wildman–Crippen LogP) is 1.69. The van der Waals surface area contributed by atoms with Gasteiger partial charge in [0.25, 0.3) is 0 Å². The van der Waals surface area contributed by atoms with Gasteiger partial charge in [-0.15, -0.1) is 0 Å². The molecule has 0 fully saturated rings. The van der Waals surface area contributed by atoms with E-state index >= 15 is 0 Å². The molecule has 0 aliphatic carbocycles. The SMILES string of the molecule is NOc1cc2ccccc2o1. The molecule has 0 radical (unpaired) electrons. The maximum absolute atomic E-state index is 5.17. The van der Waals surface area contributed by atoms with Crippen LogP contribution in [0.1, 0.15) is 0 Å². The minimum Gasteiger partial charge on any atom is -0.424 e. The molecule has 3 nitrogen and oxygen atoms in total. The quantitative estimate of drug-likeness (QED) is 0.627. The van der Waals surface area contributed by atoms with E-state index < -0.39 is 0 Å². The Morgan fingerprint density at radius 3 is 2.82 bits per heavy atom. The molecule has 1 heterocycles. The van der Waals surface area contributed by atoms with Crippen molar-refractivity contribution < 1.29 is 9.25 Å². The first kappa shape index (κ1) is 6.24. The number of nitrogens with two attached hydrogens (primary N) is 1. The van der Waals surface area contributed by atoms with Crippen LogP contribution in [-0.4, -0.2) is 0 Å². The van der Waals surface area contributed by atoms with Gasteiger partial charge in [0, 0.05) is 11.5 Å². The molecular weight excluding hydrogens is 142 g/mol. The van der Waals surface area contributed by atoms with E-state index in [-0.39, 0.29) is 0 Å². The molecular formula is C8H7NO2. The van der Waals surface area contributed by atoms with Gasteiger partial charge in [-0.05, 0) is 6.07 Å². The molecule has 0 aliphatic heterocycles. The number of hydrogen-bond donors (Lipinski definition) is 1. The van der Waals surface area contributed by atoms with Gasteiger partial charge in [-0.2, -0.15) is 5.90 Å². The summed E-state index contributed by atoms with van der Waals surface area (Å²) < 4.78 is 5.17. The molecule has 1 aromatic heterocycles. The van der Waals surface area contributed by atoms with Gasteiger partial charge in [-0.1, -0.05) is 18.2 Å². The highest BCUT2D eigenvalue weighted by Gasteiger charge is 2.00. The van der Waals surface area contributed by atoms with E-state index in [1.807, 2.05) is 24.3 Å². The normalized spacial score (nSPS) is 10.3. The highest BCUT2D eigenvalue weighted by molar-refractivity contribution is 5.78. The second-order valence-corrected chi connectivity index (χ2v) is 2.22. The van der Waals surface area contributed by atoms with Crippen molar-refractivity contribution in [2.45, 2.75) is 0 Å². The van der Waals surface area contributed by atoms with E-state index in [0.717, 1.165) is 11.0 Å². The average Bonchev–Trinajstić information content (AvgIpc) is 2.46. The zero-order valence-corrected chi connectivity index (χ0v) is 5.78. The summed E-state index contributed by atoms with van der Waals surface area (Å²) in [6.07, 6.45) is 0. The van der Waals surface area contributed by atoms with E-state index in [1.54, 1.807) is 6.07 Å². The summed E-state index contributed by atoms with van der Waals surface area (Å²) in [5.74, 6) is 5.26. The number of hydrogen-bond acceptors (Lipinski definition) is 3. The number of rotatable bonds is 1. The molecule has 0 bridgehead atoms. The second-order valence-electron chi connectivity index (χ2n) is 2.22. The Morgan fingerprint density at radius 2 is 2.09 bits per heavy atom. The van der Waals surface area contributed by atoms with Gasteiger partial charge in [-0.25, -0.2) is 0 Å². The lowest BCUT2D eigenvalue weighted by Crippen LogP contribution is -1.99. The third kappa shape index (κ3) is 0.951. The Morgan fingerprint density at radius 1 is 1.27 bits per heavy atom. The molecule has 1 aromatic carbocycles. The van der Waals surface area contributed by atoms with E-state index in [9.17, 15) is 0 Å². The first-order valence-electron chi connectivity index (χ1n) is 3.25. The molecule has 2 rings (SSSR count). The Hall–Kier alpha value is -1.48. The molecule has 0 amide bonds. The van der Waals surface area contributed by atoms with Crippen LogP contribution in [0.5, 0.6) is 5.95 Å². The maximum Gasteiger partial charge on any atom is 0.305 e. The summed E-state index contributed by atoms with van der Waals surface area (Å²) in [7, 11) is 0. The van der Waals surface area contributed by atoms with Crippen molar-refractivity contribution in [3.8, 4) is 5.95 Å². The van der Waals surface area contributed by atoms with E-state index in [4.69, 9.17) is 10.3 Å². The Bertz CT molecular complexity index is 334. The fraction of sp³-hybridized carbons (Fsp3) is 0. The molecule has 2 aromatic rings. The van der Waals surface area contributed by atoms with Crippen LogP contribution in [0.3, 0.4) is 0 Å². The van der Waals surface area contributed by atoms with Gasteiger partial charge in [-0.3, -0.25) is 0 Å². The van der Waals surface area contributed by atoms with Crippen molar-refractivity contribution in [1.82, 2.24) is 0 Å². The number of fused-ring (bicyclic) bond motifs is 1. The van der Waals surface area contributed by atoms with Gasteiger partial charge in [0.1, 0.15) is 5.58 Å². The van der Waals surface area contributed by atoms with Crippen LogP contribution >= 0.6 is 0 Å². The Balaban J connectivity index is 2.69. The van der Waals surface area contributed by atoms with Crippen molar-refractivity contribution in [1.29, 1.82) is 0 Å². The second kappa shape index (κ2) is 2.29. The third-order valence-electron chi connectivity index (χ3n) is 1.52. The first-order chi connectivity index (χ1) is 5.40. The van der Waals surface area contributed by atoms with Gasteiger partial charge >= 0.3 is 5.95 Å². The fourth-order valence-electron chi connectivity index (χ4n) is 1.02. The van der Waals surface area contributed by atoms with E-state index in [1.165, 1.54) is 0 Å². The molecule has 0 aliphatic rings. The number of para-hydroxylation sites is 1. The predicted molar refractivity (Wildman–Crippen MR) is 41.0 cm³/mol. The van der Waals surface area contributed by atoms with Crippen molar-refractivity contribution in [3.05, 3.63) is 30.3 Å². The molecule has 0 saturated heterocycles. The summed E-state index contributed by atoms with van der Waals surface area (Å²) in [4.78, 5) is 4.43. The minimum absolute atomic E-state index is 0.339. The molecule has 0 atom stereocenters. The van der Waals surface area contributed by atoms with Crippen molar-refractivity contribution >= 4 is 11.0 Å². The molecule has 2 N–H and O–H groups in total. The van der Waals surface area contributed by atoms with Crippen LogP contribution in [0.2, 0.25) is 0 Å². The van der Waals surface area contributed by atoms with Crippen LogP contribution in [0.15, 0.2) is 34.7 Å². The largest absolute Gasteiger partial charge is 0.424 e. The van der Waals surface area contributed by atoms with Gasteiger partial charge in [0.2, 0.25) is 0 Å². The maximum atomic E-state index is 5.17. The Labute approximate surface area is 63.3 Å². The zero-order chi connectivity index (χ0) is 7.68. The summed E-state index contributed by atoms with van der Waals surface area (Å²) in [6.45, 7) is 0. The van der Waals surface area contributed by atoms with E-state index in [0.29, 0.717) is 5.95 Å². The smallest absolute Gasteiger partial charge is 0.305 e. The summed E-state index contributed by atoms with van der Waals surface area (Å²) in [6, 6.07) is 9.36. The molecule has 56 valence electrons. The molecule has 3 heteroatoms. The fourth-order valence-corrected chi connectivity index (χ4v) is 1.02. The molecule has 0 unspecified atom stereocenters. The van der Waals surface area contributed by atoms with Gasteiger partial charge in [0.05, 0.1) is 0 Å². The van der Waals surface area contributed by atoms with Crippen molar-refractivity contribution in [3.63, 3.8) is 0 Å².